The number of benzene rings is 2. The van der Waals surface area contributed by atoms with E-state index in [1.165, 1.54) is 0 Å². The number of rotatable bonds is 2. The highest BCUT2D eigenvalue weighted by Crippen LogP contribution is 2.16. The summed E-state index contributed by atoms with van der Waals surface area (Å²) in [4.78, 5) is 12.3. The van der Waals surface area contributed by atoms with Crippen LogP contribution in [0, 0.1) is 13.8 Å². The first kappa shape index (κ1) is 10.6. The van der Waals surface area contributed by atoms with E-state index in [0.717, 1.165) is 22.3 Å². The lowest BCUT2D eigenvalue weighted by Crippen LogP contribution is -2.05. The molecule has 2 aromatic rings. The van der Waals surface area contributed by atoms with E-state index in [1.807, 2.05) is 62.4 Å². The van der Waals surface area contributed by atoms with Gasteiger partial charge >= 0.3 is 0 Å². The Hall–Kier alpha value is -1.89. The minimum Gasteiger partial charge on any atom is -0.289 e. The molecule has 0 bridgehead atoms. The largest absolute Gasteiger partial charge is 0.289 e. The Morgan fingerprint density at radius 2 is 1.12 bits per heavy atom. The van der Waals surface area contributed by atoms with Crippen LogP contribution in [0.15, 0.2) is 48.5 Å². The molecule has 0 radical (unpaired) electrons. The average Bonchev–Trinajstić information content (AvgIpc) is 2.29. The predicted octanol–water partition coefficient (Wildman–Crippen LogP) is 3.53. The molecule has 0 fully saturated rings. The SMILES string of the molecule is Cc1ccccc1C(=O)c1ccccc1C. The standard InChI is InChI=1S/C15H14O/c1-11-7-3-5-9-13(11)15(16)14-10-6-4-8-12(14)2/h3-10H,1-2H3. The van der Waals surface area contributed by atoms with Gasteiger partial charge in [-0.15, -0.1) is 0 Å². The third-order valence-electron chi connectivity index (χ3n) is 2.78. The summed E-state index contributed by atoms with van der Waals surface area (Å²) < 4.78 is 0. The maximum absolute atomic E-state index is 12.3. The highest BCUT2D eigenvalue weighted by molar-refractivity contribution is 6.10. The zero-order valence-electron chi connectivity index (χ0n) is 9.53. The molecule has 0 spiro atoms. The van der Waals surface area contributed by atoms with Crippen molar-refractivity contribution < 1.29 is 4.79 Å². The van der Waals surface area contributed by atoms with E-state index >= 15 is 0 Å². The van der Waals surface area contributed by atoms with E-state index < -0.39 is 0 Å². The fourth-order valence-corrected chi connectivity index (χ4v) is 1.80. The van der Waals surface area contributed by atoms with E-state index in [1.54, 1.807) is 0 Å². The molecule has 0 unspecified atom stereocenters. The first-order valence-corrected chi connectivity index (χ1v) is 5.36. The zero-order chi connectivity index (χ0) is 11.5. The summed E-state index contributed by atoms with van der Waals surface area (Å²) in [7, 11) is 0. The van der Waals surface area contributed by atoms with Gasteiger partial charge < -0.3 is 0 Å². The van der Waals surface area contributed by atoms with Gasteiger partial charge in [0.1, 0.15) is 0 Å². The van der Waals surface area contributed by atoms with Crippen molar-refractivity contribution in [2.24, 2.45) is 0 Å². The molecule has 0 aliphatic rings. The first-order chi connectivity index (χ1) is 7.70. The van der Waals surface area contributed by atoms with Crippen molar-refractivity contribution in [3.05, 3.63) is 70.8 Å². The van der Waals surface area contributed by atoms with Crippen LogP contribution in [-0.4, -0.2) is 5.78 Å². The van der Waals surface area contributed by atoms with E-state index in [0.29, 0.717) is 0 Å². The molecule has 0 saturated heterocycles. The second kappa shape index (κ2) is 4.31. The van der Waals surface area contributed by atoms with Crippen LogP contribution in [-0.2, 0) is 0 Å². The highest BCUT2D eigenvalue weighted by Gasteiger charge is 2.12. The molecule has 80 valence electrons. The predicted molar refractivity (Wildman–Crippen MR) is 65.8 cm³/mol. The Bertz CT molecular complexity index is 479. The number of carbonyl (C=O) groups excluding carboxylic acids is 1. The van der Waals surface area contributed by atoms with E-state index in [-0.39, 0.29) is 5.78 Å². The first-order valence-electron chi connectivity index (χ1n) is 5.36. The molecule has 0 amide bonds. The lowest BCUT2D eigenvalue weighted by atomic mass is 9.96. The third-order valence-corrected chi connectivity index (χ3v) is 2.78. The molecule has 2 rings (SSSR count). The van der Waals surface area contributed by atoms with Gasteiger partial charge in [0.2, 0.25) is 0 Å². The summed E-state index contributed by atoms with van der Waals surface area (Å²) >= 11 is 0. The molecular formula is C15H14O. The Balaban J connectivity index is 2.48. The molecule has 1 heteroatoms. The van der Waals surface area contributed by atoms with Crippen molar-refractivity contribution in [1.29, 1.82) is 0 Å². The van der Waals surface area contributed by atoms with Gasteiger partial charge in [-0.2, -0.15) is 0 Å². The van der Waals surface area contributed by atoms with E-state index in [2.05, 4.69) is 0 Å². The van der Waals surface area contributed by atoms with Crippen LogP contribution in [0.2, 0.25) is 0 Å². The fourth-order valence-electron chi connectivity index (χ4n) is 1.80. The molecule has 0 N–H and O–H groups in total. The third kappa shape index (κ3) is 1.89. The minimum absolute atomic E-state index is 0.108. The lowest BCUT2D eigenvalue weighted by molar-refractivity contribution is 0.103. The van der Waals surface area contributed by atoms with Crippen LogP contribution in [0.25, 0.3) is 0 Å². The quantitative estimate of drug-likeness (QED) is 0.693. The molecule has 0 atom stereocenters. The smallest absolute Gasteiger partial charge is 0.193 e. The molecule has 0 aromatic heterocycles. The van der Waals surface area contributed by atoms with Crippen LogP contribution < -0.4 is 0 Å². The van der Waals surface area contributed by atoms with Gasteiger partial charge in [-0.25, -0.2) is 0 Å². The van der Waals surface area contributed by atoms with Crippen molar-refractivity contribution in [3.63, 3.8) is 0 Å². The molecule has 0 aliphatic carbocycles. The van der Waals surface area contributed by atoms with E-state index in [4.69, 9.17) is 0 Å². The molecule has 0 saturated carbocycles. The van der Waals surface area contributed by atoms with Crippen LogP contribution in [0.4, 0.5) is 0 Å². The van der Waals surface area contributed by atoms with Gasteiger partial charge in [0.25, 0.3) is 0 Å². The topological polar surface area (TPSA) is 17.1 Å². The number of hydrogen-bond donors (Lipinski definition) is 0. The van der Waals surface area contributed by atoms with Crippen LogP contribution in [0.1, 0.15) is 27.0 Å². The normalized spacial score (nSPS) is 10.1. The molecule has 0 aliphatic heterocycles. The van der Waals surface area contributed by atoms with Crippen molar-refractivity contribution >= 4 is 5.78 Å². The van der Waals surface area contributed by atoms with Crippen LogP contribution in [0.5, 0.6) is 0 Å². The van der Waals surface area contributed by atoms with Gasteiger partial charge in [0.05, 0.1) is 0 Å². The molecule has 0 heterocycles. The molecule has 1 nitrogen and oxygen atoms in total. The second-order valence-corrected chi connectivity index (χ2v) is 3.96. The van der Waals surface area contributed by atoms with Gasteiger partial charge in [-0.05, 0) is 25.0 Å². The van der Waals surface area contributed by atoms with Gasteiger partial charge in [-0.3, -0.25) is 4.79 Å². The summed E-state index contributed by atoms with van der Waals surface area (Å²) in [5.74, 6) is 0.108. The minimum atomic E-state index is 0.108. The van der Waals surface area contributed by atoms with Crippen molar-refractivity contribution in [3.8, 4) is 0 Å². The van der Waals surface area contributed by atoms with Crippen LogP contribution >= 0.6 is 0 Å². The highest BCUT2D eigenvalue weighted by atomic mass is 16.1. The average molecular weight is 210 g/mol. The number of carbonyl (C=O) groups is 1. The van der Waals surface area contributed by atoms with Gasteiger partial charge in [0.15, 0.2) is 5.78 Å². The number of aryl methyl sites for hydroxylation is 2. The van der Waals surface area contributed by atoms with Crippen molar-refractivity contribution in [2.75, 3.05) is 0 Å². The molecule has 16 heavy (non-hydrogen) atoms. The summed E-state index contributed by atoms with van der Waals surface area (Å²) in [6.45, 7) is 3.93. The summed E-state index contributed by atoms with van der Waals surface area (Å²) in [6, 6.07) is 15.4. The van der Waals surface area contributed by atoms with E-state index in [9.17, 15) is 4.79 Å². The maximum atomic E-state index is 12.3. The Labute approximate surface area is 95.7 Å². The lowest BCUT2D eigenvalue weighted by Gasteiger charge is -2.06. The fraction of sp³-hybridized carbons (Fsp3) is 0.133. The molecular weight excluding hydrogens is 196 g/mol. The van der Waals surface area contributed by atoms with Crippen molar-refractivity contribution in [2.45, 2.75) is 13.8 Å². The molecule has 2 aromatic carbocycles. The van der Waals surface area contributed by atoms with Crippen molar-refractivity contribution in [1.82, 2.24) is 0 Å². The monoisotopic (exact) mass is 210 g/mol. The second-order valence-electron chi connectivity index (χ2n) is 3.96. The van der Waals surface area contributed by atoms with Gasteiger partial charge in [-0.1, -0.05) is 48.5 Å². The maximum Gasteiger partial charge on any atom is 0.193 e. The number of ketones is 1. The number of hydrogen-bond acceptors (Lipinski definition) is 1. The summed E-state index contributed by atoms with van der Waals surface area (Å²) in [5.41, 5.74) is 3.63. The summed E-state index contributed by atoms with van der Waals surface area (Å²) in [6.07, 6.45) is 0. The summed E-state index contributed by atoms with van der Waals surface area (Å²) in [5, 5.41) is 0. The Morgan fingerprint density at radius 1 is 0.750 bits per heavy atom. The van der Waals surface area contributed by atoms with Crippen LogP contribution in [0.3, 0.4) is 0 Å². The van der Waals surface area contributed by atoms with Gasteiger partial charge in [0, 0.05) is 11.1 Å². The zero-order valence-corrected chi connectivity index (χ0v) is 9.53. The Morgan fingerprint density at radius 3 is 1.50 bits per heavy atom. The Kier molecular flexibility index (Phi) is 2.86.